The molecular weight excluding hydrogens is 348 g/mol. The second-order valence-electron chi connectivity index (χ2n) is 6.54. The molecule has 7 heteroatoms. The van der Waals surface area contributed by atoms with Crippen molar-refractivity contribution in [1.29, 1.82) is 0 Å². The van der Waals surface area contributed by atoms with Crippen molar-refractivity contribution in [1.82, 2.24) is 4.90 Å². The molecule has 0 spiro atoms. The van der Waals surface area contributed by atoms with Crippen LogP contribution in [0.15, 0.2) is 11.6 Å². The first-order valence-electron chi connectivity index (χ1n) is 7.92. The summed E-state index contributed by atoms with van der Waals surface area (Å²) in [5, 5.41) is 0. The largest absolute Gasteiger partial charge is 0.463 e. The predicted molar refractivity (Wildman–Crippen MR) is 105 cm³/mol. The fourth-order valence-electron chi connectivity index (χ4n) is 2.11. The zero-order chi connectivity index (χ0) is 18.4. The Hall–Kier alpha value is -0.720. The van der Waals surface area contributed by atoms with E-state index in [-0.39, 0.29) is 41.0 Å². The Bertz CT molecular complexity index is 453. The average Bonchev–Trinajstić information content (AvgIpc) is 2.49. The van der Waals surface area contributed by atoms with Gasteiger partial charge in [-0.15, -0.1) is 12.4 Å². The molecule has 0 bridgehead atoms. The van der Waals surface area contributed by atoms with Crippen molar-refractivity contribution in [3.05, 3.63) is 11.6 Å². The van der Waals surface area contributed by atoms with E-state index in [1.807, 2.05) is 34.0 Å². The fraction of sp³-hybridized carbons (Fsp3) is 0.765. The van der Waals surface area contributed by atoms with E-state index >= 15 is 0 Å². The van der Waals surface area contributed by atoms with E-state index in [0.29, 0.717) is 12.2 Å². The van der Waals surface area contributed by atoms with Crippen molar-refractivity contribution in [2.75, 3.05) is 19.9 Å². The first kappa shape index (κ1) is 25.5. The lowest BCUT2D eigenvalue weighted by Crippen LogP contribution is -2.55. The van der Waals surface area contributed by atoms with Crippen LogP contribution in [0, 0.1) is 5.92 Å². The van der Waals surface area contributed by atoms with Crippen molar-refractivity contribution in [2.45, 2.75) is 58.4 Å². The van der Waals surface area contributed by atoms with Gasteiger partial charge in [-0.2, -0.15) is 11.8 Å². The van der Waals surface area contributed by atoms with Crippen LogP contribution < -0.4 is 5.73 Å². The molecule has 0 saturated carbocycles. The van der Waals surface area contributed by atoms with Crippen LogP contribution in [-0.4, -0.2) is 53.5 Å². The molecule has 0 heterocycles. The summed E-state index contributed by atoms with van der Waals surface area (Å²) in [6.45, 7) is 11.7. The maximum Gasteiger partial charge on any atom is 0.333 e. The minimum Gasteiger partial charge on any atom is -0.463 e. The number of esters is 1. The zero-order valence-electron chi connectivity index (χ0n) is 16.1. The predicted octanol–water partition coefficient (Wildman–Crippen LogP) is 2.87. The lowest BCUT2D eigenvalue weighted by molar-refractivity contribution is -0.139. The van der Waals surface area contributed by atoms with Gasteiger partial charge in [0.05, 0.1) is 18.7 Å². The van der Waals surface area contributed by atoms with Crippen LogP contribution in [0.5, 0.6) is 0 Å². The van der Waals surface area contributed by atoms with Gasteiger partial charge in [-0.3, -0.25) is 4.79 Å². The van der Waals surface area contributed by atoms with Crippen LogP contribution in [0.1, 0.15) is 41.5 Å². The number of ether oxygens (including phenoxy) is 1. The number of nitrogens with two attached hydrogens (primary N) is 1. The molecule has 0 aliphatic heterocycles. The smallest absolute Gasteiger partial charge is 0.333 e. The lowest BCUT2D eigenvalue weighted by atomic mass is 9.97. The minimum absolute atomic E-state index is 0. The number of carbonyl (C=O) groups is 2. The molecule has 1 amide bonds. The van der Waals surface area contributed by atoms with Crippen LogP contribution in [0.4, 0.5) is 0 Å². The van der Waals surface area contributed by atoms with Gasteiger partial charge in [-0.25, -0.2) is 4.79 Å². The molecule has 0 aromatic heterocycles. The molecule has 0 unspecified atom stereocenters. The summed E-state index contributed by atoms with van der Waals surface area (Å²) in [6.07, 6.45) is 3.73. The Morgan fingerprint density at radius 1 is 1.33 bits per heavy atom. The number of thioether (sulfide) groups is 1. The normalized spacial score (nSPS) is 14.7. The van der Waals surface area contributed by atoms with Crippen molar-refractivity contribution in [3.8, 4) is 0 Å². The van der Waals surface area contributed by atoms with E-state index in [2.05, 4.69) is 0 Å². The Labute approximate surface area is 157 Å². The fourth-order valence-corrected chi connectivity index (χ4v) is 2.47. The molecule has 2 N–H and O–H groups in total. The van der Waals surface area contributed by atoms with Crippen LogP contribution in [0.3, 0.4) is 0 Å². The van der Waals surface area contributed by atoms with Gasteiger partial charge >= 0.3 is 5.97 Å². The molecule has 5 nitrogen and oxygen atoms in total. The van der Waals surface area contributed by atoms with Crippen LogP contribution in [0.25, 0.3) is 0 Å². The quantitative estimate of drug-likeness (QED) is 0.517. The van der Waals surface area contributed by atoms with Crippen LogP contribution in [-0.2, 0) is 14.3 Å². The second-order valence-corrected chi connectivity index (χ2v) is 8.00. The van der Waals surface area contributed by atoms with Gasteiger partial charge in [0.1, 0.15) is 0 Å². The third-order valence-electron chi connectivity index (χ3n) is 4.04. The average molecular weight is 381 g/mol. The number of amides is 1. The number of likely N-dealkylation sites (N-methyl/N-ethyl adjacent to an activating group) is 1. The van der Waals surface area contributed by atoms with E-state index < -0.39 is 6.04 Å². The van der Waals surface area contributed by atoms with E-state index in [1.54, 1.807) is 43.6 Å². The molecule has 142 valence electrons. The molecule has 2 atom stereocenters. The number of hydrogen-bond donors (Lipinski definition) is 1. The molecule has 0 radical (unpaired) electrons. The summed E-state index contributed by atoms with van der Waals surface area (Å²) in [7, 11) is 1.73. The highest BCUT2D eigenvalue weighted by Gasteiger charge is 2.35. The number of nitrogens with zero attached hydrogens (tertiary/aromatic N) is 1. The number of halogens is 1. The molecular formula is C17H33ClN2O3S. The maximum absolute atomic E-state index is 12.7. The number of hydrogen-bond acceptors (Lipinski definition) is 5. The van der Waals surface area contributed by atoms with Gasteiger partial charge in [0.25, 0.3) is 0 Å². The SMILES string of the molecule is CCOC(=O)/C(C)=C/[C@H](C(C)C)N(C)C(=O)[C@@H](N)C(C)(C)SC.Cl. The molecule has 0 rings (SSSR count). The van der Waals surface area contributed by atoms with Crippen molar-refractivity contribution < 1.29 is 14.3 Å². The summed E-state index contributed by atoms with van der Waals surface area (Å²) < 4.78 is 4.65. The molecule has 0 saturated heterocycles. The van der Waals surface area contributed by atoms with E-state index in [1.165, 1.54) is 0 Å². The summed E-state index contributed by atoms with van der Waals surface area (Å²) >= 11 is 1.56. The van der Waals surface area contributed by atoms with Crippen LogP contribution >= 0.6 is 24.2 Å². The standard InChI is InChI=1S/C17H32N2O3S.ClH/c1-9-22-16(21)12(4)10-13(11(2)3)19(7)15(20)14(18)17(5,6)23-8;/h10-11,13-14H,9,18H2,1-8H3;1H/b12-10+;/t13-,14-;/m1./s1. The molecule has 0 fully saturated rings. The Morgan fingerprint density at radius 2 is 1.83 bits per heavy atom. The van der Waals surface area contributed by atoms with Crippen molar-refractivity contribution >= 4 is 36.0 Å². The molecule has 0 aromatic carbocycles. The zero-order valence-corrected chi connectivity index (χ0v) is 17.7. The third-order valence-corrected chi connectivity index (χ3v) is 5.34. The highest BCUT2D eigenvalue weighted by atomic mass is 35.5. The topological polar surface area (TPSA) is 72.6 Å². The monoisotopic (exact) mass is 380 g/mol. The first-order chi connectivity index (χ1) is 10.5. The van der Waals surface area contributed by atoms with E-state index in [0.717, 1.165) is 0 Å². The number of rotatable bonds is 8. The highest BCUT2D eigenvalue weighted by Crippen LogP contribution is 2.26. The van der Waals surface area contributed by atoms with E-state index in [9.17, 15) is 9.59 Å². The Morgan fingerprint density at radius 3 is 2.21 bits per heavy atom. The van der Waals surface area contributed by atoms with E-state index in [4.69, 9.17) is 10.5 Å². The highest BCUT2D eigenvalue weighted by molar-refractivity contribution is 8.00. The van der Waals surface area contributed by atoms with Gasteiger partial charge in [0, 0.05) is 17.4 Å². The van der Waals surface area contributed by atoms with Gasteiger partial charge in [0.2, 0.25) is 5.91 Å². The third kappa shape index (κ3) is 7.03. The van der Waals surface area contributed by atoms with Crippen molar-refractivity contribution in [2.24, 2.45) is 11.7 Å². The Balaban J connectivity index is 0. The lowest BCUT2D eigenvalue weighted by Gasteiger charge is -2.36. The van der Waals surface area contributed by atoms with Gasteiger partial charge in [-0.05, 0) is 39.9 Å². The minimum atomic E-state index is -0.611. The molecule has 0 aliphatic rings. The van der Waals surface area contributed by atoms with Gasteiger partial charge in [-0.1, -0.05) is 19.9 Å². The second kappa shape index (κ2) is 11.0. The van der Waals surface area contributed by atoms with Gasteiger partial charge < -0.3 is 15.4 Å². The summed E-state index contributed by atoms with van der Waals surface area (Å²) in [5.74, 6) is -0.332. The van der Waals surface area contributed by atoms with Crippen LogP contribution in [0.2, 0.25) is 0 Å². The summed E-state index contributed by atoms with van der Waals surface area (Å²) in [5.41, 5.74) is 6.66. The molecule has 0 aromatic rings. The summed E-state index contributed by atoms with van der Waals surface area (Å²) in [4.78, 5) is 26.2. The maximum atomic E-state index is 12.7. The number of carbonyl (C=O) groups excluding carboxylic acids is 2. The molecule has 0 aliphatic carbocycles. The van der Waals surface area contributed by atoms with Gasteiger partial charge in [0.15, 0.2) is 0 Å². The first-order valence-corrected chi connectivity index (χ1v) is 9.15. The summed E-state index contributed by atoms with van der Waals surface area (Å²) in [6, 6.07) is -0.823. The van der Waals surface area contributed by atoms with Crippen molar-refractivity contribution in [3.63, 3.8) is 0 Å². The molecule has 24 heavy (non-hydrogen) atoms. The Kier molecular flexibility index (Phi) is 11.7.